The zero-order valence-electron chi connectivity index (χ0n) is 9.57. The number of hydrogen-bond acceptors (Lipinski definition) is 4. The van der Waals surface area contributed by atoms with E-state index in [0.29, 0.717) is 0 Å². The Morgan fingerprint density at radius 3 is 2.78 bits per heavy atom. The SMILES string of the molecule is CCOC(=O)CC(O)c1cccnc1C(F)(F)F. The molecular formula is C11H12F3NO3. The molecule has 100 valence electrons. The van der Waals surface area contributed by atoms with Crippen molar-refractivity contribution >= 4 is 5.97 Å². The van der Waals surface area contributed by atoms with Crippen LogP contribution >= 0.6 is 0 Å². The first-order valence-electron chi connectivity index (χ1n) is 5.22. The van der Waals surface area contributed by atoms with Crippen molar-refractivity contribution in [3.05, 3.63) is 29.6 Å². The molecule has 1 aromatic rings. The second kappa shape index (κ2) is 5.81. The summed E-state index contributed by atoms with van der Waals surface area (Å²) >= 11 is 0. The summed E-state index contributed by atoms with van der Waals surface area (Å²) in [6.07, 6.45) is -5.83. The third-order valence-electron chi connectivity index (χ3n) is 2.13. The number of hydrogen-bond donors (Lipinski definition) is 1. The quantitative estimate of drug-likeness (QED) is 0.845. The second-order valence-corrected chi connectivity index (χ2v) is 3.46. The predicted molar refractivity (Wildman–Crippen MR) is 55.4 cm³/mol. The largest absolute Gasteiger partial charge is 0.466 e. The van der Waals surface area contributed by atoms with Gasteiger partial charge in [-0.25, -0.2) is 0 Å². The van der Waals surface area contributed by atoms with Crippen molar-refractivity contribution in [3.8, 4) is 0 Å². The number of aliphatic hydroxyl groups is 1. The number of pyridine rings is 1. The summed E-state index contributed by atoms with van der Waals surface area (Å²) in [4.78, 5) is 14.3. The highest BCUT2D eigenvalue weighted by atomic mass is 19.4. The molecule has 1 heterocycles. The summed E-state index contributed by atoms with van der Waals surface area (Å²) in [5.41, 5.74) is -1.63. The highest BCUT2D eigenvalue weighted by Gasteiger charge is 2.37. The highest BCUT2D eigenvalue weighted by molar-refractivity contribution is 5.70. The average molecular weight is 263 g/mol. The molecule has 0 aliphatic carbocycles. The molecule has 0 saturated carbocycles. The maximum Gasteiger partial charge on any atom is 0.433 e. The number of halogens is 3. The molecule has 1 atom stereocenters. The van der Waals surface area contributed by atoms with Crippen molar-refractivity contribution in [2.24, 2.45) is 0 Å². The van der Waals surface area contributed by atoms with E-state index in [1.54, 1.807) is 6.92 Å². The van der Waals surface area contributed by atoms with Gasteiger partial charge in [-0.05, 0) is 13.0 Å². The van der Waals surface area contributed by atoms with E-state index in [2.05, 4.69) is 9.72 Å². The molecule has 0 bridgehead atoms. The van der Waals surface area contributed by atoms with Crippen molar-refractivity contribution in [2.75, 3.05) is 6.61 Å². The topological polar surface area (TPSA) is 59.4 Å². The van der Waals surface area contributed by atoms with E-state index in [-0.39, 0.29) is 6.61 Å². The van der Waals surface area contributed by atoms with Gasteiger partial charge in [0.15, 0.2) is 0 Å². The third kappa shape index (κ3) is 3.69. The summed E-state index contributed by atoms with van der Waals surface area (Å²) < 4.78 is 42.4. The first-order valence-corrected chi connectivity index (χ1v) is 5.22. The smallest absolute Gasteiger partial charge is 0.433 e. The monoisotopic (exact) mass is 263 g/mol. The minimum Gasteiger partial charge on any atom is -0.466 e. The van der Waals surface area contributed by atoms with Gasteiger partial charge in [0.2, 0.25) is 0 Å². The van der Waals surface area contributed by atoms with E-state index in [0.717, 1.165) is 12.3 Å². The van der Waals surface area contributed by atoms with Crippen molar-refractivity contribution in [2.45, 2.75) is 25.6 Å². The van der Waals surface area contributed by atoms with Crippen molar-refractivity contribution in [3.63, 3.8) is 0 Å². The fourth-order valence-corrected chi connectivity index (χ4v) is 1.41. The zero-order valence-corrected chi connectivity index (χ0v) is 9.57. The van der Waals surface area contributed by atoms with E-state index in [9.17, 15) is 23.1 Å². The fraction of sp³-hybridized carbons (Fsp3) is 0.455. The number of ether oxygens (including phenoxy) is 1. The Balaban J connectivity index is 2.92. The highest BCUT2D eigenvalue weighted by Crippen LogP contribution is 2.33. The van der Waals surface area contributed by atoms with Crippen LogP contribution in [0.25, 0.3) is 0 Å². The maximum absolute atomic E-state index is 12.6. The third-order valence-corrected chi connectivity index (χ3v) is 2.13. The van der Waals surface area contributed by atoms with Gasteiger partial charge in [0.05, 0.1) is 19.1 Å². The number of aliphatic hydroxyl groups excluding tert-OH is 1. The lowest BCUT2D eigenvalue weighted by atomic mass is 10.0. The van der Waals surface area contributed by atoms with Gasteiger partial charge in [-0.15, -0.1) is 0 Å². The molecule has 0 aliphatic heterocycles. The van der Waals surface area contributed by atoms with E-state index in [4.69, 9.17) is 0 Å². The van der Waals surface area contributed by atoms with E-state index >= 15 is 0 Å². The summed E-state index contributed by atoms with van der Waals surface area (Å²) in [6, 6.07) is 2.35. The minimum absolute atomic E-state index is 0.102. The van der Waals surface area contributed by atoms with Crippen LogP contribution in [0.1, 0.15) is 30.7 Å². The zero-order chi connectivity index (χ0) is 13.8. The van der Waals surface area contributed by atoms with Crippen LogP contribution in [0, 0.1) is 0 Å². The lowest BCUT2D eigenvalue weighted by Crippen LogP contribution is -2.17. The van der Waals surface area contributed by atoms with Crippen LogP contribution < -0.4 is 0 Å². The van der Waals surface area contributed by atoms with Gasteiger partial charge >= 0.3 is 12.1 Å². The first kappa shape index (κ1) is 14.4. The van der Waals surface area contributed by atoms with Crippen molar-refractivity contribution in [1.29, 1.82) is 0 Å². The van der Waals surface area contributed by atoms with Gasteiger partial charge in [-0.1, -0.05) is 6.07 Å². The Bertz CT molecular complexity index is 420. The maximum atomic E-state index is 12.6. The summed E-state index contributed by atoms with van der Waals surface area (Å²) in [6.45, 7) is 1.67. The van der Waals surface area contributed by atoms with Gasteiger partial charge in [-0.3, -0.25) is 9.78 Å². The Hall–Kier alpha value is -1.63. The molecule has 0 amide bonds. The second-order valence-electron chi connectivity index (χ2n) is 3.46. The van der Waals surface area contributed by atoms with E-state index < -0.39 is 35.9 Å². The first-order chi connectivity index (χ1) is 8.36. The lowest BCUT2D eigenvalue weighted by Gasteiger charge is -2.15. The van der Waals surface area contributed by atoms with Crippen LogP contribution in [0.2, 0.25) is 0 Å². The lowest BCUT2D eigenvalue weighted by molar-refractivity contribution is -0.148. The number of aromatic nitrogens is 1. The van der Waals surface area contributed by atoms with Crippen LogP contribution in [0.5, 0.6) is 0 Å². The molecule has 4 nitrogen and oxygen atoms in total. The molecule has 0 aliphatic rings. The molecule has 7 heteroatoms. The van der Waals surface area contributed by atoms with Crippen LogP contribution in [-0.4, -0.2) is 22.7 Å². The van der Waals surface area contributed by atoms with Crippen LogP contribution in [0.4, 0.5) is 13.2 Å². The molecule has 1 N–H and O–H groups in total. The number of alkyl halides is 3. The number of carbonyl (C=O) groups is 1. The molecular weight excluding hydrogens is 251 g/mol. The number of nitrogens with zero attached hydrogens (tertiary/aromatic N) is 1. The molecule has 0 aromatic carbocycles. The van der Waals surface area contributed by atoms with Gasteiger partial charge in [0.1, 0.15) is 5.69 Å². The van der Waals surface area contributed by atoms with Gasteiger partial charge in [0.25, 0.3) is 0 Å². The molecule has 0 spiro atoms. The summed E-state index contributed by atoms with van der Waals surface area (Å²) in [7, 11) is 0. The Labute approximate surface area is 101 Å². The summed E-state index contributed by atoms with van der Waals surface area (Å²) in [5, 5.41) is 9.62. The number of esters is 1. The van der Waals surface area contributed by atoms with Crippen molar-refractivity contribution in [1.82, 2.24) is 4.98 Å². The number of carbonyl (C=O) groups excluding carboxylic acids is 1. The summed E-state index contributed by atoms with van der Waals surface area (Å²) in [5.74, 6) is -0.762. The number of rotatable bonds is 4. The standard InChI is InChI=1S/C11H12F3NO3/c1-2-18-9(17)6-8(16)7-4-3-5-15-10(7)11(12,13)14/h3-5,8,16H,2,6H2,1H3. The van der Waals surface area contributed by atoms with Crippen LogP contribution in [0.3, 0.4) is 0 Å². The fourth-order valence-electron chi connectivity index (χ4n) is 1.41. The predicted octanol–water partition coefficient (Wildman–Crippen LogP) is 2.09. The van der Waals surface area contributed by atoms with Crippen LogP contribution in [-0.2, 0) is 15.7 Å². The average Bonchev–Trinajstić information content (AvgIpc) is 2.28. The van der Waals surface area contributed by atoms with Gasteiger partial charge in [0, 0.05) is 11.8 Å². The molecule has 1 rings (SSSR count). The Morgan fingerprint density at radius 1 is 1.56 bits per heavy atom. The molecule has 18 heavy (non-hydrogen) atoms. The van der Waals surface area contributed by atoms with Gasteiger partial charge < -0.3 is 9.84 Å². The Kier molecular flexibility index (Phi) is 4.66. The molecule has 0 saturated heterocycles. The van der Waals surface area contributed by atoms with E-state index in [1.807, 2.05) is 0 Å². The van der Waals surface area contributed by atoms with Crippen molar-refractivity contribution < 1.29 is 27.8 Å². The normalized spacial score (nSPS) is 13.2. The van der Waals surface area contributed by atoms with E-state index in [1.165, 1.54) is 6.07 Å². The molecule has 1 unspecified atom stereocenters. The molecule has 1 aromatic heterocycles. The minimum atomic E-state index is -4.67. The molecule has 0 radical (unpaired) electrons. The molecule has 0 fully saturated rings. The van der Waals surface area contributed by atoms with Gasteiger partial charge in [-0.2, -0.15) is 13.2 Å². The Morgan fingerprint density at radius 2 is 2.22 bits per heavy atom. The van der Waals surface area contributed by atoms with Crippen LogP contribution in [0.15, 0.2) is 18.3 Å².